The zero-order chi connectivity index (χ0) is 18.1. The number of hydrogen-bond donors (Lipinski definition) is 1. The van der Waals surface area contributed by atoms with Crippen LogP contribution in [0.2, 0.25) is 0 Å². The number of ether oxygens (including phenoxy) is 2. The second-order valence-electron chi connectivity index (χ2n) is 6.19. The molecule has 1 saturated heterocycles. The Morgan fingerprint density at radius 3 is 2.68 bits per heavy atom. The van der Waals surface area contributed by atoms with E-state index < -0.39 is 0 Å². The topological polar surface area (TPSA) is 63.2 Å². The van der Waals surface area contributed by atoms with E-state index in [0.29, 0.717) is 26.3 Å². The Balaban J connectivity index is 1.89. The van der Waals surface area contributed by atoms with Gasteiger partial charge < -0.3 is 19.7 Å². The van der Waals surface area contributed by atoms with Crippen molar-refractivity contribution in [2.45, 2.75) is 32.9 Å². The fraction of sp³-hybridized carbons (Fsp3) is 0.579. The molecule has 0 radical (unpaired) electrons. The van der Waals surface area contributed by atoms with Crippen LogP contribution in [0.4, 0.5) is 0 Å². The maximum atomic E-state index is 12.0. The van der Waals surface area contributed by atoms with Crippen LogP contribution in [0.5, 0.6) is 0 Å². The standard InChI is InChI=1S/C19H29N3O3/c1-4-25-18(23)17-6-5-11-22(13-17)19(20-2)21-12-15-7-9-16(10-8-15)14-24-3/h7-10,17H,4-6,11-14H2,1-3H3,(H,20,21). The molecule has 0 aromatic heterocycles. The minimum absolute atomic E-state index is 0.0689. The molecule has 1 heterocycles. The van der Waals surface area contributed by atoms with Gasteiger partial charge in [0.25, 0.3) is 0 Å². The van der Waals surface area contributed by atoms with E-state index in [1.165, 1.54) is 5.56 Å². The molecule has 1 aromatic rings. The van der Waals surface area contributed by atoms with E-state index in [0.717, 1.165) is 30.9 Å². The average Bonchev–Trinajstić information content (AvgIpc) is 2.64. The van der Waals surface area contributed by atoms with Crippen molar-refractivity contribution in [3.63, 3.8) is 0 Å². The summed E-state index contributed by atoms with van der Waals surface area (Å²) < 4.78 is 10.3. The highest BCUT2D eigenvalue weighted by Crippen LogP contribution is 2.18. The quantitative estimate of drug-likeness (QED) is 0.485. The van der Waals surface area contributed by atoms with Crippen LogP contribution in [-0.4, -0.2) is 50.7 Å². The highest BCUT2D eigenvalue weighted by Gasteiger charge is 2.28. The van der Waals surface area contributed by atoms with Crippen LogP contribution in [-0.2, 0) is 27.4 Å². The van der Waals surface area contributed by atoms with Gasteiger partial charge in [0, 0.05) is 33.8 Å². The second kappa shape index (κ2) is 10.0. The molecule has 1 unspecified atom stereocenters. The Labute approximate surface area is 150 Å². The summed E-state index contributed by atoms with van der Waals surface area (Å²) in [6.45, 7) is 5.16. The Bertz CT molecular complexity index is 572. The Kier molecular flexibility index (Phi) is 7.73. The van der Waals surface area contributed by atoms with Crippen molar-refractivity contribution in [2.75, 3.05) is 33.9 Å². The second-order valence-corrected chi connectivity index (χ2v) is 6.19. The van der Waals surface area contributed by atoms with E-state index in [4.69, 9.17) is 9.47 Å². The van der Waals surface area contributed by atoms with E-state index in [1.54, 1.807) is 14.2 Å². The molecule has 0 bridgehead atoms. The summed E-state index contributed by atoms with van der Waals surface area (Å²) in [4.78, 5) is 18.5. The third-order valence-electron chi connectivity index (χ3n) is 4.34. The number of carbonyl (C=O) groups is 1. The number of benzene rings is 1. The molecule has 1 aromatic carbocycles. The molecule has 1 fully saturated rings. The van der Waals surface area contributed by atoms with Crippen molar-refractivity contribution in [3.8, 4) is 0 Å². The van der Waals surface area contributed by atoms with Crippen LogP contribution in [0, 0.1) is 5.92 Å². The minimum atomic E-state index is -0.101. The highest BCUT2D eigenvalue weighted by atomic mass is 16.5. The number of carbonyl (C=O) groups excluding carboxylic acids is 1. The van der Waals surface area contributed by atoms with Crippen LogP contribution < -0.4 is 5.32 Å². The SMILES string of the molecule is CCOC(=O)C1CCCN(C(=NC)NCc2ccc(COC)cc2)C1. The monoisotopic (exact) mass is 347 g/mol. The van der Waals surface area contributed by atoms with Crippen molar-refractivity contribution in [2.24, 2.45) is 10.9 Å². The van der Waals surface area contributed by atoms with Gasteiger partial charge in [-0.15, -0.1) is 0 Å². The number of nitrogens with one attached hydrogen (secondary N) is 1. The smallest absolute Gasteiger partial charge is 0.310 e. The van der Waals surface area contributed by atoms with Crippen LogP contribution in [0.15, 0.2) is 29.3 Å². The molecule has 6 heteroatoms. The third-order valence-corrected chi connectivity index (χ3v) is 4.34. The lowest BCUT2D eigenvalue weighted by Crippen LogP contribution is -2.48. The molecule has 0 amide bonds. The zero-order valence-electron chi connectivity index (χ0n) is 15.5. The number of piperidine rings is 1. The van der Waals surface area contributed by atoms with E-state index >= 15 is 0 Å². The van der Waals surface area contributed by atoms with Gasteiger partial charge in [0.2, 0.25) is 0 Å². The summed E-state index contributed by atoms with van der Waals surface area (Å²) in [5, 5.41) is 3.39. The maximum absolute atomic E-state index is 12.0. The molecule has 6 nitrogen and oxygen atoms in total. The van der Waals surface area contributed by atoms with E-state index in [1.807, 2.05) is 6.92 Å². The number of likely N-dealkylation sites (tertiary alicyclic amines) is 1. The fourth-order valence-corrected chi connectivity index (χ4v) is 3.06. The molecule has 1 atom stereocenters. The number of rotatable bonds is 6. The van der Waals surface area contributed by atoms with Crippen molar-refractivity contribution >= 4 is 11.9 Å². The largest absolute Gasteiger partial charge is 0.466 e. The molecular formula is C19H29N3O3. The number of esters is 1. The van der Waals surface area contributed by atoms with E-state index in [-0.39, 0.29) is 11.9 Å². The average molecular weight is 347 g/mol. The molecule has 0 spiro atoms. The summed E-state index contributed by atoms with van der Waals surface area (Å²) in [5.74, 6) is 0.659. The number of aliphatic imine (C=N–C) groups is 1. The number of guanidine groups is 1. The first-order valence-corrected chi connectivity index (χ1v) is 8.87. The predicted octanol–water partition coefficient (Wildman–Crippen LogP) is 2.18. The molecule has 2 rings (SSSR count). The molecule has 0 saturated carbocycles. The lowest BCUT2D eigenvalue weighted by molar-refractivity contribution is -0.149. The molecule has 1 aliphatic heterocycles. The van der Waals surface area contributed by atoms with Gasteiger partial charge >= 0.3 is 5.97 Å². The third kappa shape index (κ3) is 5.74. The molecular weight excluding hydrogens is 318 g/mol. The summed E-state index contributed by atoms with van der Waals surface area (Å²) in [6, 6.07) is 8.32. The van der Waals surface area contributed by atoms with Crippen LogP contribution >= 0.6 is 0 Å². The molecule has 1 aliphatic rings. The summed E-state index contributed by atoms with van der Waals surface area (Å²) in [7, 11) is 3.47. The van der Waals surface area contributed by atoms with Gasteiger partial charge in [-0.1, -0.05) is 24.3 Å². The van der Waals surface area contributed by atoms with E-state index in [2.05, 4.69) is 39.5 Å². The number of methoxy groups -OCH3 is 1. The molecule has 138 valence electrons. The van der Waals surface area contributed by atoms with Gasteiger partial charge in [-0.25, -0.2) is 0 Å². The van der Waals surface area contributed by atoms with Crippen molar-refractivity contribution < 1.29 is 14.3 Å². The Hall–Kier alpha value is -2.08. The molecule has 25 heavy (non-hydrogen) atoms. The first-order valence-electron chi connectivity index (χ1n) is 8.87. The molecule has 0 aliphatic carbocycles. The first-order chi connectivity index (χ1) is 12.2. The minimum Gasteiger partial charge on any atom is -0.466 e. The number of hydrogen-bond acceptors (Lipinski definition) is 4. The van der Waals surface area contributed by atoms with Gasteiger partial charge in [-0.05, 0) is 30.9 Å². The van der Waals surface area contributed by atoms with Gasteiger partial charge in [-0.3, -0.25) is 9.79 Å². The summed E-state index contributed by atoms with van der Waals surface area (Å²) in [5.41, 5.74) is 2.34. The first kappa shape index (κ1) is 19.2. The summed E-state index contributed by atoms with van der Waals surface area (Å²) in [6.07, 6.45) is 1.85. The lowest BCUT2D eigenvalue weighted by Gasteiger charge is -2.34. The summed E-state index contributed by atoms with van der Waals surface area (Å²) >= 11 is 0. The van der Waals surface area contributed by atoms with Crippen molar-refractivity contribution in [1.29, 1.82) is 0 Å². The van der Waals surface area contributed by atoms with Crippen LogP contribution in [0.3, 0.4) is 0 Å². The van der Waals surface area contributed by atoms with E-state index in [9.17, 15) is 4.79 Å². The van der Waals surface area contributed by atoms with Crippen molar-refractivity contribution in [3.05, 3.63) is 35.4 Å². The van der Waals surface area contributed by atoms with Crippen LogP contribution in [0.25, 0.3) is 0 Å². The highest BCUT2D eigenvalue weighted by molar-refractivity contribution is 5.81. The van der Waals surface area contributed by atoms with Crippen molar-refractivity contribution in [1.82, 2.24) is 10.2 Å². The number of nitrogens with zero attached hydrogens (tertiary/aromatic N) is 2. The predicted molar refractivity (Wildman–Crippen MR) is 98.3 cm³/mol. The van der Waals surface area contributed by atoms with Crippen LogP contribution in [0.1, 0.15) is 30.9 Å². The maximum Gasteiger partial charge on any atom is 0.310 e. The van der Waals surface area contributed by atoms with Gasteiger partial charge in [0.05, 0.1) is 19.1 Å². The lowest BCUT2D eigenvalue weighted by atomic mass is 9.98. The zero-order valence-corrected chi connectivity index (χ0v) is 15.5. The van der Waals surface area contributed by atoms with Gasteiger partial charge in [0.1, 0.15) is 0 Å². The van der Waals surface area contributed by atoms with Gasteiger partial charge in [-0.2, -0.15) is 0 Å². The van der Waals surface area contributed by atoms with Gasteiger partial charge in [0.15, 0.2) is 5.96 Å². The normalized spacial score (nSPS) is 18.1. The Morgan fingerprint density at radius 1 is 1.32 bits per heavy atom. The Morgan fingerprint density at radius 2 is 2.04 bits per heavy atom. The fourth-order valence-electron chi connectivity index (χ4n) is 3.06. The molecule has 1 N–H and O–H groups in total.